The minimum Gasteiger partial charge on any atom is -0.471 e. The summed E-state index contributed by atoms with van der Waals surface area (Å²) in [5.41, 5.74) is -2.19. The molecular formula is C23H24ClF4N3O3. The van der Waals surface area contributed by atoms with Crippen molar-refractivity contribution in [1.82, 2.24) is 4.90 Å². The number of likely N-dealkylation sites (tertiary alicyclic amines) is 1. The normalized spacial score (nSPS) is 15.6. The van der Waals surface area contributed by atoms with Crippen LogP contribution in [0.3, 0.4) is 0 Å². The molecule has 6 nitrogen and oxygen atoms in total. The van der Waals surface area contributed by atoms with E-state index in [9.17, 15) is 22.4 Å². The third-order valence-corrected chi connectivity index (χ3v) is 5.43. The van der Waals surface area contributed by atoms with Crippen molar-refractivity contribution in [2.75, 3.05) is 25.5 Å². The van der Waals surface area contributed by atoms with Gasteiger partial charge in [-0.3, -0.25) is 15.0 Å². The Kier molecular flexibility index (Phi) is 9.43. The third kappa shape index (κ3) is 6.69. The van der Waals surface area contributed by atoms with Crippen molar-refractivity contribution in [3.05, 3.63) is 63.9 Å². The largest absolute Gasteiger partial charge is 0.471 e. The molecule has 2 N–H and O–H groups in total. The van der Waals surface area contributed by atoms with Gasteiger partial charge >= 0.3 is 6.18 Å². The number of nitrogens with zero attached hydrogens (tertiary/aromatic N) is 1. The molecule has 2 aromatic rings. The van der Waals surface area contributed by atoms with E-state index < -0.39 is 29.0 Å². The minimum atomic E-state index is -4.79. The summed E-state index contributed by atoms with van der Waals surface area (Å²) in [5.74, 6) is -1.67. The number of alkyl halides is 3. The van der Waals surface area contributed by atoms with Crippen molar-refractivity contribution in [2.24, 2.45) is 5.92 Å². The van der Waals surface area contributed by atoms with Crippen LogP contribution in [0.25, 0.3) is 0 Å². The molecule has 0 radical (unpaired) electrons. The van der Waals surface area contributed by atoms with Gasteiger partial charge in [0.1, 0.15) is 11.7 Å². The predicted molar refractivity (Wildman–Crippen MR) is 121 cm³/mol. The van der Waals surface area contributed by atoms with Gasteiger partial charge in [-0.2, -0.15) is 13.2 Å². The number of benzene rings is 2. The smallest absolute Gasteiger partial charge is 0.417 e. The first kappa shape index (κ1) is 27.1. The second-order valence-corrected chi connectivity index (χ2v) is 8.06. The molecule has 1 saturated heterocycles. The fourth-order valence-corrected chi connectivity index (χ4v) is 3.86. The molecule has 11 heteroatoms. The number of carbonyl (C=O) groups is 2. The number of amidine groups is 1. The molecule has 3 rings (SSSR count). The number of nitrogens with one attached hydrogen (secondary N) is 2. The van der Waals surface area contributed by atoms with Crippen LogP contribution in [-0.4, -0.2) is 43.3 Å². The topological polar surface area (TPSA) is 82.5 Å². The van der Waals surface area contributed by atoms with E-state index in [-0.39, 0.29) is 22.1 Å². The number of halogens is 5. The molecule has 0 bridgehead atoms. The highest BCUT2D eigenvalue weighted by Gasteiger charge is 2.36. The molecule has 34 heavy (non-hydrogen) atoms. The van der Waals surface area contributed by atoms with Crippen LogP contribution < -0.4 is 5.32 Å². The number of hydrogen-bond donors (Lipinski definition) is 2. The third-order valence-electron chi connectivity index (χ3n) is 5.11. The van der Waals surface area contributed by atoms with Gasteiger partial charge in [-0.25, -0.2) is 4.39 Å². The van der Waals surface area contributed by atoms with Gasteiger partial charge in [0.25, 0.3) is 12.4 Å². The summed E-state index contributed by atoms with van der Waals surface area (Å²) in [6, 6.07) is 6.84. The maximum atomic E-state index is 14.6. The molecule has 1 heterocycles. The van der Waals surface area contributed by atoms with Gasteiger partial charge in [0.05, 0.1) is 34.5 Å². The monoisotopic (exact) mass is 501 g/mol. The Morgan fingerprint density at radius 2 is 1.88 bits per heavy atom. The minimum absolute atomic E-state index is 0.0868. The highest BCUT2D eigenvalue weighted by atomic mass is 35.5. The molecule has 0 spiro atoms. The number of carbonyl (C=O) groups excluding carboxylic acids is 2. The number of amides is 1. The zero-order valence-electron chi connectivity index (χ0n) is 18.5. The molecule has 0 aliphatic carbocycles. The first-order valence-corrected chi connectivity index (χ1v) is 10.6. The zero-order chi connectivity index (χ0) is 25.5. The van der Waals surface area contributed by atoms with E-state index in [4.69, 9.17) is 21.8 Å². The van der Waals surface area contributed by atoms with Gasteiger partial charge in [-0.05, 0) is 43.0 Å². The van der Waals surface area contributed by atoms with Crippen LogP contribution in [0, 0.1) is 17.1 Å². The number of anilines is 1. The van der Waals surface area contributed by atoms with Crippen molar-refractivity contribution in [2.45, 2.75) is 25.9 Å². The maximum Gasteiger partial charge on any atom is 0.417 e. The lowest BCUT2D eigenvalue weighted by Crippen LogP contribution is -2.40. The van der Waals surface area contributed by atoms with E-state index in [1.54, 1.807) is 4.90 Å². The summed E-state index contributed by atoms with van der Waals surface area (Å²) in [7, 11) is 1.31. The molecule has 2 aromatic carbocycles. The lowest BCUT2D eigenvalue weighted by Gasteiger charge is -2.33. The van der Waals surface area contributed by atoms with Crippen LogP contribution in [0.4, 0.5) is 23.2 Å². The molecule has 1 amide bonds. The lowest BCUT2D eigenvalue weighted by atomic mass is 9.99. The summed E-state index contributed by atoms with van der Waals surface area (Å²) < 4.78 is 58.5. The summed E-state index contributed by atoms with van der Waals surface area (Å²) in [5, 5.41) is 10.4. The summed E-state index contributed by atoms with van der Waals surface area (Å²) in [6.07, 6.45) is -2.95. The first-order valence-electron chi connectivity index (χ1n) is 10.3. The van der Waals surface area contributed by atoms with E-state index in [1.165, 1.54) is 25.3 Å². The number of methoxy groups -OCH3 is 1. The maximum absolute atomic E-state index is 14.6. The number of ether oxygens (including phenoxy) is 1. The average molecular weight is 502 g/mol. The molecule has 0 aromatic heterocycles. The van der Waals surface area contributed by atoms with Gasteiger partial charge < -0.3 is 15.0 Å². The summed E-state index contributed by atoms with van der Waals surface area (Å²) in [4.78, 5) is 23.4. The Bertz CT molecular complexity index is 1050. The highest BCUT2D eigenvalue weighted by molar-refractivity contribution is 6.34. The van der Waals surface area contributed by atoms with Crippen LogP contribution in [0.2, 0.25) is 5.02 Å². The molecule has 1 unspecified atom stereocenters. The lowest BCUT2D eigenvalue weighted by molar-refractivity contribution is -0.137. The Labute approximate surface area is 199 Å². The van der Waals surface area contributed by atoms with E-state index in [0.717, 1.165) is 31.0 Å². The van der Waals surface area contributed by atoms with Crippen LogP contribution in [0.5, 0.6) is 0 Å². The van der Waals surface area contributed by atoms with Crippen molar-refractivity contribution < 1.29 is 31.9 Å². The second-order valence-electron chi connectivity index (χ2n) is 7.65. The van der Waals surface area contributed by atoms with Crippen LogP contribution in [0.15, 0.2) is 36.4 Å². The summed E-state index contributed by atoms with van der Waals surface area (Å²) >= 11 is 5.88. The molecule has 1 fully saturated rings. The van der Waals surface area contributed by atoms with Crippen molar-refractivity contribution >= 4 is 35.5 Å². The van der Waals surface area contributed by atoms with Gasteiger partial charge in [-0.15, -0.1) is 0 Å². The van der Waals surface area contributed by atoms with E-state index in [0.29, 0.717) is 25.5 Å². The molecule has 1 atom stereocenters. The van der Waals surface area contributed by atoms with E-state index in [2.05, 4.69) is 10.1 Å². The predicted octanol–water partition coefficient (Wildman–Crippen LogP) is 5.60. The standard InChI is InChI=1S/C21H20ClF4N3O.C2H4O2/c1-12-5-4-10-29(11-12)19(27)18-15(23)8-3-9-16(18)28-20(30)17-13(21(24,25)26)6-2-7-14(17)22;1-4-2-3/h2-3,6-9,12,27H,4-5,10-11H2,1H3,(H,28,30);2H,1H3. The van der Waals surface area contributed by atoms with Crippen molar-refractivity contribution in [3.8, 4) is 0 Å². The van der Waals surface area contributed by atoms with Gasteiger partial charge in [-0.1, -0.05) is 30.7 Å². The van der Waals surface area contributed by atoms with Gasteiger partial charge in [0, 0.05) is 13.1 Å². The number of rotatable bonds is 4. The average Bonchev–Trinajstić information content (AvgIpc) is 2.78. The fraction of sp³-hybridized carbons (Fsp3) is 0.348. The first-order chi connectivity index (χ1) is 16.0. The van der Waals surface area contributed by atoms with Crippen molar-refractivity contribution in [1.29, 1.82) is 5.41 Å². The van der Waals surface area contributed by atoms with Crippen LogP contribution in [0.1, 0.15) is 41.3 Å². The van der Waals surface area contributed by atoms with Crippen LogP contribution >= 0.6 is 11.6 Å². The summed E-state index contributed by atoms with van der Waals surface area (Å²) in [6.45, 7) is 3.52. The Balaban J connectivity index is 0.000000945. The molecular weight excluding hydrogens is 478 g/mol. The van der Waals surface area contributed by atoms with Gasteiger partial charge in [0.2, 0.25) is 0 Å². The Morgan fingerprint density at radius 3 is 2.47 bits per heavy atom. The zero-order valence-corrected chi connectivity index (χ0v) is 19.3. The molecule has 184 valence electrons. The van der Waals surface area contributed by atoms with Crippen LogP contribution in [-0.2, 0) is 15.7 Å². The highest BCUT2D eigenvalue weighted by Crippen LogP contribution is 2.35. The quantitative estimate of drug-likeness (QED) is 0.247. The SMILES string of the molecule is CC1CCCN(C(=N)c2c(F)cccc2NC(=O)c2c(Cl)cccc2C(F)(F)F)C1.COC=O. The fourth-order valence-electron chi connectivity index (χ4n) is 3.60. The molecule has 1 aliphatic rings. The van der Waals surface area contributed by atoms with E-state index in [1.807, 2.05) is 6.92 Å². The second kappa shape index (κ2) is 11.8. The number of piperidine rings is 1. The Hall–Kier alpha value is -3.14. The molecule has 1 aliphatic heterocycles. The Morgan fingerprint density at radius 1 is 1.24 bits per heavy atom. The molecule has 0 saturated carbocycles. The van der Waals surface area contributed by atoms with E-state index >= 15 is 0 Å². The number of hydrogen-bond acceptors (Lipinski definition) is 4. The van der Waals surface area contributed by atoms with Gasteiger partial charge in [0.15, 0.2) is 0 Å². The van der Waals surface area contributed by atoms with Crippen molar-refractivity contribution in [3.63, 3.8) is 0 Å².